The molecule has 0 aliphatic carbocycles. The van der Waals surface area contributed by atoms with Gasteiger partial charge >= 0.3 is 0 Å². The van der Waals surface area contributed by atoms with Crippen molar-refractivity contribution >= 4 is 68.0 Å². The predicted octanol–water partition coefficient (Wildman–Crippen LogP) is 7.42. The van der Waals surface area contributed by atoms with Crippen LogP contribution in [0.3, 0.4) is 0 Å². The Bertz CT molecular complexity index is 1010. The van der Waals surface area contributed by atoms with Gasteiger partial charge in [0.15, 0.2) is 10.9 Å². The highest BCUT2D eigenvalue weighted by Gasteiger charge is 2.35. The van der Waals surface area contributed by atoms with Gasteiger partial charge in [-0.3, -0.25) is 14.7 Å². The summed E-state index contributed by atoms with van der Waals surface area (Å²) in [5.41, 5.74) is 1.73. The Hall–Kier alpha value is -1.47. The second-order valence-electron chi connectivity index (χ2n) is 7.61. The Labute approximate surface area is 205 Å². The lowest BCUT2D eigenvalue weighted by molar-refractivity contribution is -0.123. The van der Waals surface area contributed by atoms with Crippen LogP contribution in [0.1, 0.15) is 38.8 Å². The molecule has 164 valence electrons. The summed E-state index contributed by atoms with van der Waals surface area (Å²) in [5.74, 6) is 0.354. The smallest absolute Gasteiger partial charge is 0.266 e. The van der Waals surface area contributed by atoms with Gasteiger partial charge in [-0.2, -0.15) is 0 Å². The molecule has 3 rings (SSSR count). The number of benzene rings is 2. The van der Waals surface area contributed by atoms with Gasteiger partial charge in [-0.25, -0.2) is 0 Å². The zero-order chi connectivity index (χ0) is 22.7. The van der Waals surface area contributed by atoms with E-state index in [4.69, 9.17) is 27.9 Å². The number of rotatable bonds is 6. The Morgan fingerprint density at radius 2 is 1.74 bits per heavy atom. The summed E-state index contributed by atoms with van der Waals surface area (Å²) in [7, 11) is 0. The lowest BCUT2D eigenvalue weighted by Gasteiger charge is -2.20. The number of aliphatic imine (C=N–C) groups is 1. The maximum atomic E-state index is 12.9. The first-order valence-electron chi connectivity index (χ1n) is 9.83. The molecular weight excluding hydrogens is 519 g/mol. The van der Waals surface area contributed by atoms with Crippen molar-refractivity contribution in [1.29, 1.82) is 0 Å². The number of carbonyl (C=O) groups excluding carboxylic acids is 1. The van der Waals surface area contributed by atoms with E-state index in [0.717, 1.165) is 15.6 Å². The molecule has 1 heterocycles. The number of hydrogen-bond acceptors (Lipinski definition) is 4. The Morgan fingerprint density at radius 1 is 1.13 bits per heavy atom. The molecule has 4 nitrogen and oxygen atoms in total. The van der Waals surface area contributed by atoms with Crippen molar-refractivity contribution in [3.8, 4) is 5.75 Å². The van der Waals surface area contributed by atoms with Crippen LogP contribution >= 0.6 is 50.9 Å². The quantitative estimate of drug-likeness (QED) is 0.357. The van der Waals surface area contributed by atoms with E-state index in [1.54, 1.807) is 23.1 Å². The van der Waals surface area contributed by atoms with Crippen molar-refractivity contribution in [2.24, 2.45) is 4.99 Å². The summed E-state index contributed by atoms with van der Waals surface area (Å²) in [4.78, 5) is 19.8. The van der Waals surface area contributed by atoms with E-state index in [1.807, 2.05) is 52.0 Å². The standard InChI is InChI=1S/C23H23BrCl2N2O2S/c1-13(2)27-23-28(14(3)4)22(29)20(31-23)11-16-9-18(25)21(19(26)10-16)30-12-15-5-7-17(24)8-6-15/h5-11,13-14H,12H2,1-4H3/b20-11+,27-23?. The number of nitrogens with zero attached hydrogens (tertiary/aromatic N) is 2. The molecule has 8 heteroatoms. The summed E-state index contributed by atoms with van der Waals surface area (Å²) in [6.07, 6.45) is 1.79. The highest BCUT2D eigenvalue weighted by atomic mass is 79.9. The van der Waals surface area contributed by atoms with E-state index in [9.17, 15) is 4.79 Å². The van der Waals surface area contributed by atoms with Crippen LogP contribution in [0.15, 0.2) is 50.8 Å². The third-order valence-corrected chi connectivity index (χ3v) is 6.42. The fourth-order valence-corrected chi connectivity index (χ4v) is 5.05. The topological polar surface area (TPSA) is 41.9 Å². The molecule has 2 aromatic rings. The van der Waals surface area contributed by atoms with Gasteiger partial charge in [-0.15, -0.1) is 0 Å². The first-order valence-corrected chi connectivity index (χ1v) is 12.2. The van der Waals surface area contributed by atoms with Crippen molar-refractivity contribution in [2.75, 3.05) is 0 Å². The maximum Gasteiger partial charge on any atom is 0.266 e. The molecule has 0 bridgehead atoms. The largest absolute Gasteiger partial charge is 0.486 e. The highest BCUT2D eigenvalue weighted by molar-refractivity contribution is 9.10. The Kier molecular flexibility index (Phi) is 8.14. The molecule has 1 fully saturated rings. The Balaban J connectivity index is 1.83. The van der Waals surface area contributed by atoms with E-state index < -0.39 is 0 Å². The predicted molar refractivity (Wildman–Crippen MR) is 135 cm³/mol. The second-order valence-corrected chi connectivity index (χ2v) is 10.4. The van der Waals surface area contributed by atoms with Gasteiger partial charge in [0.25, 0.3) is 5.91 Å². The fourth-order valence-electron chi connectivity index (χ4n) is 2.94. The minimum absolute atomic E-state index is 0.0185. The van der Waals surface area contributed by atoms with Crippen LogP contribution in [-0.2, 0) is 11.4 Å². The summed E-state index contributed by atoms with van der Waals surface area (Å²) >= 11 is 17.7. The fraction of sp³-hybridized carbons (Fsp3) is 0.304. The average molecular weight is 542 g/mol. The van der Waals surface area contributed by atoms with E-state index in [0.29, 0.717) is 32.5 Å². The van der Waals surface area contributed by atoms with Crippen molar-refractivity contribution in [3.63, 3.8) is 0 Å². The number of thioether (sulfide) groups is 1. The molecule has 31 heavy (non-hydrogen) atoms. The number of carbonyl (C=O) groups is 1. The number of halogens is 3. The molecule has 0 unspecified atom stereocenters. The van der Waals surface area contributed by atoms with Crippen LogP contribution in [0, 0.1) is 0 Å². The minimum Gasteiger partial charge on any atom is -0.486 e. The molecule has 1 amide bonds. The highest BCUT2D eigenvalue weighted by Crippen LogP contribution is 2.38. The zero-order valence-electron chi connectivity index (χ0n) is 17.7. The summed E-state index contributed by atoms with van der Waals surface area (Å²) in [5, 5.41) is 1.50. The molecule has 2 aromatic carbocycles. The van der Waals surface area contributed by atoms with Crippen molar-refractivity contribution < 1.29 is 9.53 Å². The van der Waals surface area contributed by atoms with Gasteiger partial charge in [0.1, 0.15) is 6.61 Å². The van der Waals surface area contributed by atoms with Crippen LogP contribution in [0.2, 0.25) is 10.0 Å². The van der Waals surface area contributed by atoms with Crippen LogP contribution in [0.4, 0.5) is 0 Å². The monoisotopic (exact) mass is 540 g/mol. The Morgan fingerprint density at radius 3 is 2.29 bits per heavy atom. The van der Waals surface area contributed by atoms with Gasteiger partial charge in [0, 0.05) is 16.6 Å². The lowest BCUT2D eigenvalue weighted by Crippen LogP contribution is -2.35. The molecule has 1 saturated heterocycles. The molecule has 0 N–H and O–H groups in total. The summed E-state index contributed by atoms with van der Waals surface area (Å²) in [6.45, 7) is 8.28. The van der Waals surface area contributed by atoms with Crippen LogP contribution in [-0.4, -0.2) is 28.1 Å². The first kappa shape index (κ1) is 24.2. The zero-order valence-corrected chi connectivity index (χ0v) is 21.6. The van der Waals surface area contributed by atoms with E-state index >= 15 is 0 Å². The van der Waals surface area contributed by atoms with Crippen LogP contribution < -0.4 is 4.74 Å². The van der Waals surface area contributed by atoms with Crippen LogP contribution in [0.5, 0.6) is 5.75 Å². The third kappa shape index (κ3) is 6.07. The third-order valence-electron chi connectivity index (χ3n) is 4.34. The van der Waals surface area contributed by atoms with Crippen molar-refractivity contribution in [3.05, 3.63) is 66.9 Å². The normalized spacial score (nSPS) is 16.9. The minimum atomic E-state index is -0.0674. The number of hydrogen-bond donors (Lipinski definition) is 0. The molecule has 0 radical (unpaired) electrons. The van der Waals surface area contributed by atoms with Crippen LogP contribution in [0.25, 0.3) is 6.08 Å². The summed E-state index contributed by atoms with van der Waals surface area (Å²) in [6, 6.07) is 11.4. The van der Waals surface area contributed by atoms with E-state index in [1.165, 1.54) is 11.8 Å². The van der Waals surface area contributed by atoms with E-state index in [2.05, 4.69) is 20.9 Å². The molecule has 0 aromatic heterocycles. The van der Waals surface area contributed by atoms with Gasteiger partial charge in [-0.05, 0) is 80.9 Å². The first-order chi connectivity index (χ1) is 14.7. The molecule has 0 atom stereocenters. The van der Waals surface area contributed by atoms with Gasteiger partial charge in [0.2, 0.25) is 0 Å². The van der Waals surface area contributed by atoms with Gasteiger partial charge < -0.3 is 4.74 Å². The molecular formula is C23H23BrCl2N2O2S. The average Bonchev–Trinajstić information content (AvgIpc) is 2.96. The number of ether oxygens (including phenoxy) is 1. The SMILES string of the molecule is CC(C)N=C1S/C(=C/c2cc(Cl)c(OCc3ccc(Br)cc3)c(Cl)c2)C(=O)N1C(C)C. The molecule has 1 aliphatic rings. The number of amidine groups is 1. The molecule has 0 saturated carbocycles. The number of amides is 1. The van der Waals surface area contributed by atoms with Crippen molar-refractivity contribution in [1.82, 2.24) is 4.90 Å². The van der Waals surface area contributed by atoms with Gasteiger partial charge in [-0.1, -0.05) is 51.3 Å². The second kappa shape index (κ2) is 10.4. The lowest BCUT2D eigenvalue weighted by atomic mass is 10.2. The maximum absolute atomic E-state index is 12.9. The molecule has 1 aliphatic heterocycles. The van der Waals surface area contributed by atoms with Gasteiger partial charge in [0.05, 0.1) is 15.0 Å². The van der Waals surface area contributed by atoms with Crippen molar-refractivity contribution in [2.45, 2.75) is 46.4 Å². The molecule has 0 spiro atoms. The van der Waals surface area contributed by atoms with E-state index in [-0.39, 0.29) is 18.0 Å². The summed E-state index contributed by atoms with van der Waals surface area (Å²) < 4.78 is 6.85.